The van der Waals surface area contributed by atoms with E-state index in [0.29, 0.717) is 30.7 Å². The van der Waals surface area contributed by atoms with Crippen LogP contribution in [-0.2, 0) is 17.6 Å². The predicted octanol–water partition coefficient (Wildman–Crippen LogP) is 4.53. The molecule has 3 heterocycles. The highest BCUT2D eigenvalue weighted by molar-refractivity contribution is 5.67. The number of carbonyl (C=O) groups is 1. The van der Waals surface area contributed by atoms with Gasteiger partial charge in [-0.1, -0.05) is 6.07 Å². The third-order valence-corrected chi connectivity index (χ3v) is 5.36. The van der Waals surface area contributed by atoms with E-state index in [4.69, 9.17) is 5.11 Å². The highest BCUT2D eigenvalue weighted by Gasteiger charge is 2.34. The predicted molar refractivity (Wildman–Crippen MR) is 110 cm³/mol. The van der Waals surface area contributed by atoms with Crippen molar-refractivity contribution in [2.24, 2.45) is 0 Å². The molecule has 0 bridgehead atoms. The van der Waals surface area contributed by atoms with Crippen LogP contribution in [0.1, 0.15) is 67.1 Å². The second-order valence-electron chi connectivity index (χ2n) is 7.99. The molecule has 0 saturated carbocycles. The van der Waals surface area contributed by atoms with Crippen molar-refractivity contribution >= 4 is 11.8 Å². The maximum absolute atomic E-state index is 14.6. The highest BCUT2D eigenvalue weighted by atomic mass is 19.3. The summed E-state index contributed by atoms with van der Waals surface area (Å²) in [7, 11) is 0. The summed E-state index contributed by atoms with van der Waals surface area (Å²) in [5, 5.41) is 12.4. The van der Waals surface area contributed by atoms with E-state index >= 15 is 0 Å². The van der Waals surface area contributed by atoms with Gasteiger partial charge in [-0.15, -0.1) is 0 Å². The normalized spacial score (nSPS) is 14.6. The number of carboxylic acid groups (broad SMARTS) is 1. The van der Waals surface area contributed by atoms with Crippen LogP contribution < -0.4 is 5.32 Å². The quantitative estimate of drug-likeness (QED) is 0.551. The summed E-state index contributed by atoms with van der Waals surface area (Å²) < 4.78 is 29.1. The molecule has 3 rings (SSSR count). The second-order valence-corrected chi connectivity index (χ2v) is 7.99. The van der Waals surface area contributed by atoms with Crippen molar-refractivity contribution in [1.82, 2.24) is 15.0 Å². The number of aromatic nitrogens is 3. The van der Waals surface area contributed by atoms with Gasteiger partial charge in [0.1, 0.15) is 5.82 Å². The average Bonchev–Trinajstić information content (AvgIpc) is 2.71. The third-order valence-electron chi connectivity index (χ3n) is 5.36. The number of aryl methyl sites for hydroxylation is 3. The van der Waals surface area contributed by atoms with Gasteiger partial charge in [0.05, 0.1) is 17.8 Å². The van der Waals surface area contributed by atoms with Crippen LogP contribution in [0.2, 0.25) is 0 Å². The molecule has 0 aliphatic carbocycles. The number of unbranched alkanes of at least 4 members (excludes halogenated alkanes) is 1. The molecule has 0 radical (unpaired) electrons. The van der Waals surface area contributed by atoms with E-state index in [-0.39, 0.29) is 12.8 Å². The zero-order chi connectivity index (χ0) is 21.6. The monoisotopic (exact) mass is 418 g/mol. The minimum absolute atomic E-state index is 0.286. The number of rotatable bonds is 10. The number of nitrogens with zero attached hydrogens (tertiary/aromatic N) is 3. The number of alkyl halides is 2. The molecule has 1 aliphatic rings. The summed E-state index contributed by atoms with van der Waals surface area (Å²) in [4.78, 5) is 23.9. The molecule has 30 heavy (non-hydrogen) atoms. The Labute approximate surface area is 175 Å². The molecule has 0 aromatic carbocycles. The molecule has 8 heteroatoms. The fourth-order valence-electron chi connectivity index (χ4n) is 3.77. The summed E-state index contributed by atoms with van der Waals surface area (Å²) in [6, 6.07) is 4.04. The molecule has 1 atom stereocenters. The van der Waals surface area contributed by atoms with Crippen molar-refractivity contribution in [2.75, 3.05) is 11.9 Å². The number of hydrogen-bond acceptors (Lipinski definition) is 5. The molecule has 0 amide bonds. The molecule has 0 saturated heterocycles. The Morgan fingerprint density at radius 1 is 1.27 bits per heavy atom. The van der Waals surface area contributed by atoms with E-state index in [9.17, 15) is 13.6 Å². The van der Waals surface area contributed by atoms with Crippen LogP contribution in [-0.4, -0.2) is 38.5 Å². The van der Waals surface area contributed by atoms with E-state index in [1.54, 1.807) is 6.92 Å². The van der Waals surface area contributed by atoms with Gasteiger partial charge in [-0.25, -0.2) is 13.8 Å². The summed E-state index contributed by atoms with van der Waals surface area (Å²) >= 11 is 0. The van der Waals surface area contributed by atoms with Crippen molar-refractivity contribution in [3.8, 4) is 0 Å². The van der Waals surface area contributed by atoms with Crippen LogP contribution in [0, 0.1) is 6.92 Å². The van der Waals surface area contributed by atoms with Crippen molar-refractivity contribution in [2.45, 2.75) is 70.1 Å². The maximum Gasteiger partial charge on any atom is 0.304 e. The van der Waals surface area contributed by atoms with Crippen LogP contribution in [0.15, 0.2) is 24.5 Å². The molecule has 0 fully saturated rings. The summed E-state index contributed by atoms with van der Waals surface area (Å²) in [6.07, 6.45) is 5.37. The van der Waals surface area contributed by atoms with Gasteiger partial charge >= 0.3 is 5.97 Å². The van der Waals surface area contributed by atoms with E-state index in [2.05, 4.69) is 26.3 Å². The second kappa shape index (κ2) is 9.91. The van der Waals surface area contributed by atoms with Crippen LogP contribution in [0.25, 0.3) is 0 Å². The molecule has 0 unspecified atom stereocenters. The van der Waals surface area contributed by atoms with Gasteiger partial charge in [0.15, 0.2) is 0 Å². The number of anilines is 1. The molecule has 1 aliphatic heterocycles. The van der Waals surface area contributed by atoms with E-state index in [0.717, 1.165) is 30.9 Å². The lowest BCUT2D eigenvalue weighted by atomic mass is 9.91. The molecular formula is C22H28F2N4O2. The smallest absolute Gasteiger partial charge is 0.304 e. The topological polar surface area (TPSA) is 88.0 Å². The van der Waals surface area contributed by atoms with Crippen molar-refractivity contribution < 1.29 is 18.7 Å². The van der Waals surface area contributed by atoms with Crippen LogP contribution in [0.3, 0.4) is 0 Å². The Kier molecular flexibility index (Phi) is 7.29. The van der Waals surface area contributed by atoms with Crippen molar-refractivity contribution in [3.63, 3.8) is 0 Å². The SMILES string of the molecule is Cc1cnc([C@H](CC(=O)O)CC(F)(F)CCCCc2ccc3c(n2)NCCC3)cn1. The third kappa shape index (κ3) is 6.43. The Hall–Kier alpha value is -2.64. The van der Waals surface area contributed by atoms with E-state index in [1.807, 2.05) is 6.07 Å². The lowest BCUT2D eigenvalue weighted by Gasteiger charge is -2.22. The summed E-state index contributed by atoms with van der Waals surface area (Å²) in [6.45, 7) is 2.66. The highest BCUT2D eigenvalue weighted by Crippen LogP contribution is 2.35. The zero-order valence-corrected chi connectivity index (χ0v) is 17.2. The number of hydrogen-bond donors (Lipinski definition) is 2. The minimum atomic E-state index is -2.96. The van der Waals surface area contributed by atoms with Gasteiger partial charge in [-0.3, -0.25) is 14.8 Å². The molecule has 2 aromatic rings. The van der Waals surface area contributed by atoms with Crippen LogP contribution in [0.5, 0.6) is 0 Å². The number of fused-ring (bicyclic) bond motifs is 1. The maximum atomic E-state index is 14.6. The van der Waals surface area contributed by atoms with E-state index in [1.165, 1.54) is 18.0 Å². The Morgan fingerprint density at radius 2 is 2.10 bits per heavy atom. The van der Waals surface area contributed by atoms with Gasteiger partial charge in [-0.2, -0.15) is 0 Å². The number of aliphatic carboxylic acids is 1. The molecule has 6 nitrogen and oxygen atoms in total. The number of carboxylic acids is 1. The average molecular weight is 418 g/mol. The first kappa shape index (κ1) is 22.1. The molecule has 162 valence electrons. The fourth-order valence-corrected chi connectivity index (χ4v) is 3.77. The van der Waals surface area contributed by atoms with Gasteiger partial charge in [0, 0.05) is 43.4 Å². The van der Waals surface area contributed by atoms with Crippen LogP contribution in [0.4, 0.5) is 14.6 Å². The Bertz CT molecular complexity index is 859. The summed E-state index contributed by atoms with van der Waals surface area (Å²) in [5.74, 6) is -4.03. The Balaban J connectivity index is 1.51. The first-order valence-electron chi connectivity index (χ1n) is 10.4. The lowest BCUT2D eigenvalue weighted by Crippen LogP contribution is -2.22. The van der Waals surface area contributed by atoms with E-state index < -0.39 is 24.2 Å². The van der Waals surface area contributed by atoms with Crippen molar-refractivity contribution in [3.05, 3.63) is 47.2 Å². The molecular weight excluding hydrogens is 390 g/mol. The van der Waals surface area contributed by atoms with Gasteiger partial charge < -0.3 is 10.4 Å². The van der Waals surface area contributed by atoms with Crippen molar-refractivity contribution in [1.29, 1.82) is 0 Å². The van der Waals surface area contributed by atoms with Gasteiger partial charge in [0.25, 0.3) is 0 Å². The summed E-state index contributed by atoms with van der Waals surface area (Å²) in [5.41, 5.74) is 3.07. The first-order valence-corrected chi connectivity index (χ1v) is 10.4. The minimum Gasteiger partial charge on any atom is -0.481 e. The fraction of sp³-hybridized carbons (Fsp3) is 0.545. The lowest BCUT2D eigenvalue weighted by molar-refractivity contribution is -0.138. The number of halogens is 2. The van der Waals surface area contributed by atoms with Gasteiger partial charge in [-0.05, 0) is 50.7 Å². The number of pyridine rings is 1. The standard InChI is InChI=1S/C22H28F2N4O2/c1-15-13-27-19(14-26-15)17(11-20(29)30)12-22(23,24)9-3-2-6-18-8-7-16-5-4-10-25-21(16)28-18/h7-8,13-14,17H,2-6,9-12H2,1H3,(H,25,28)(H,29,30)/t17-/m1/s1. The largest absolute Gasteiger partial charge is 0.481 e. The van der Waals surface area contributed by atoms with Crippen LogP contribution >= 0.6 is 0 Å². The zero-order valence-electron chi connectivity index (χ0n) is 17.2. The Morgan fingerprint density at radius 3 is 2.83 bits per heavy atom. The molecule has 2 N–H and O–H groups in total. The molecule has 0 spiro atoms. The first-order chi connectivity index (χ1) is 14.3. The number of nitrogens with one attached hydrogen (secondary N) is 1. The molecule has 2 aromatic heterocycles. The van der Waals surface area contributed by atoms with Gasteiger partial charge in [0.2, 0.25) is 5.92 Å².